The number of pyridine rings is 2. The van der Waals surface area contributed by atoms with E-state index in [1.54, 1.807) is 55.8 Å². The van der Waals surface area contributed by atoms with Crippen LogP contribution in [0.25, 0.3) is 0 Å². The van der Waals surface area contributed by atoms with Gasteiger partial charge in [0.25, 0.3) is 5.91 Å². The molecule has 1 atom stereocenters. The summed E-state index contributed by atoms with van der Waals surface area (Å²) in [5, 5.41) is 12.1. The maximum atomic E-state index is 13.2. The van der Waals surface area contributed by atoms with Crippen LogP contribution in [0, 0.1) is 0 Å². The second-order valence-electron chi connectivity index (χ2n) is 7.48. The molecule has 9 nitrogen and oxygen atoms in total. The zero-order chi connectivity index (χ0) is 24.5. The van der Waals surface area contributed by atoms with Gasteiger partial charge < -0.3 is 19.9 Å². The maximum absolute atomic E-state index is 13.2. The van der Waals surface area contributed by atoms with Crippen molar-refractivity contribution in [3.05, 3.63) is 71.7 Å². The van der Waals surface area contributed by atoms with Gasteiger partial charge in [0.15, 0.2) is 0 Å². The summed E-state index contributed by atoms with van der Waals surface area (Å²) in [5.74, 6) is 0.883. The van der Waals surface area contributed by atoms with Gasteiger partial charge >= 0.3 is 0 Å². The quantitative estimate of drug-likeness (QED) is 0.427. The molecule has 1 unspecified atom stereocenters. The number of likely N-dealkylation sites (N-methyl/N-ethyl adjacent to an activating group) is 1. The molecule has 0 saturated carbocycles. The van der Waals surface area contributed by atoms with Gasteiger partial charge in [-0.1, -0.05) is 6.07 Å². The van der Waals surface area contributed by atoms with E-state index in [0.717, 1.165) is 5.69 Å². The number of carbonyl (C=O) groups excluding carboxylic acids is 1. The highest BCUT2D eigenvalue weighted by Gasteiger charge is 2.19. The molecule has 180 valence electrons. The molecule has 0 fully saturated rings. The number of aliphatic hydroxyl groups is 1. The van der Waals surface area contributed by atoms with Crippen molar-refractivity contribution in [1.29, 1.82) is 0 Å². The Bertz CT molecular complexity index is 1160. The Morgan fingerprint density at radius 3 is 2.68 bits per heavy atom. The van der Waals surface area contributed by atoms with Gasteiger partial charge in [-0.2, -0.15) is 0 Å². The van der Waals surface area contributed by atoms with E-state index in [2.05, 4.69) is 15.3 Å². The van der Waals surface area contributed by atoms with Crippen LogP contribution < -0.4 is 14.8 Å². The van der Waals surface area contributed by atoms with Crippen LogP contribution in [0.2, 0.25) is 0 Å². The van der Waals surface area contributed by atoms with Crippen molar-refractivity contribution in [2.75, 3.05) is 39.7 Å². The number of carbonyl (C=O) groups is 1. The van der Waals surface area contributed by atoms with Crippen LogP contribution in [0.5, 0.6) is 11.5 Å². The molecule has 3 aromatic rings. The van der Waals surface area contributed by atoms with Crippen molar-refractivity contribution in [3.63, 3.8) is 0 Å². The second kappa shape index (κ2) is 12.2. The topological polar surface area (TPSA) is 114 Å². The molecule has 0 aliphatic carbocycles. The van der Waals surface area contributed by atoms with Crippen molar-refractivity contribution in [3.8, 4) is 11.5 Å². The van der Waals surface area contributed by atoms with Gasteiger partial charge in [-0.25, -0.2) is 4.98 Å². The lowest BCUT2D eigenvalue weighted by atomic mass is 10.2. The highest BCUT2D eigenvalue weighted by atomic mass is 32.2. The average Bonchev–Trinajstić information content (AvgIpc) is 2.84. The summed E-state index contributed by atoms with van der Waals surface area (Å²) in [6.45, 7) is 1.09. The standard InChI is InChI=1S/C24H28N4O5S/c1-28(11-12-29)15-19-13-18(8-10-25-19)27-23(30)21-5-4-9-26-24(21)34(31)16-17-6-7-20(32-2)14-22(17)33-3/h4-10,13-14,29H,11-12,15-16H2,1-3H3,(H,25,27,30). The van der Waals surface area contributed by atoms with E-state index in [-0.39, 0.29) is 22.9 Å². The summed E-state index contributed by atoms with van der Waals surface area (Å²) < 4.78 is 23.8. The Morgan fingerprint density at radius 2 is 1.94 bits per heavy atom. The van der Waals surface area contributed by atoms with Gasteiger partial charge in [0.2, 0.25) is 0 Å². The summed E-state index contributed by atoms with van der Waals surface area (Å²) in [5.41, 5.74) is 2.24. The van der Waals surface area contributed by atoms with Crippen LogP contribution in [0.1, 0.15) is 21.6 Å². The minimum absolute atomic E-state index is 0.0518. The number of hydrogen-bond acceptors (Lipinski definition) is 8. The Labute approximate surface area is 201 Å². The summed E-state index contributed by atoms with van der Waals surface area (Å²) in [6, 6.07) is 11.9. The minimum Gasteiger partial charge on any atom is -0.497 e. The highest BCUT2D eigenvalue weighted by Crippen LogP contribution is 2.27. The summed E-state index contributed by atoms with van der Waals surface area (Å²) in [4.78, 5) is 23.5. The number of aliphatic hydroxyl groups excluding tert-OH is 1. The number of hydrogen-bond donors (Lipinski definition) is 2. The first-order valence-corrected chi connectivity index (χ1v) is 11.9. The van der Waals surface area contributed by atoms with Crippen molar-refractivity contribution in [2.45, 2.75) is 17.3 Å². The van der Waals surface area contributed by atoms with E-state index in [0.29, 0.717) is 35.8 Å². The van der Waals surface area contributed by atoms with Gasteiger partial charge in [-0.05, 0) is 37.4 Å². The largest absolute Gasteiger partial charge is 0.497 e. The number of aromatic nitrogens is 2. The van der Waals surface area contributed by atoms with Crippen molar-refractivity contribution < 1.29 is 23.6 Å². The molecule has 2 N–H and O–H groups in total. The van der Waals surface area contributed by atoms with Gasteiger partial charge in [0.05, 0.1) is 48.6 Å². The first-order chi connectivity index (χ1) is 16.4. The van der Waals surface area contributed by atoms with Crippen LogP contribution in [0.15, 0.2) is 59.9 Å². The number of methoxy groups -OCH3 is 2. The van der Waals surface area contributed by atoms with Crippen molar-refractivity contribution in [2.24, 2.45) is 0 Å². The molecule has 1 aromatic carbocycles. The predicted octanol–water partition coefficient (Wildman–Crippen LogP) is 2.48. The summed E-state index contributed by atoms with van der Waals surface area (Å²) in [6.07, 6.45) is 3.12. The van der Waals surface area contributed by atoms with Crippen LogP contribution >= 0.6 is 0 Å². The number of benzene rings is 1. The molecule has 0 radical (unpaired) electrons. The average molecular weight is 485 g/mol. The number of ether oxygens (including phenoxy) is 2. The Hall–Kier alpha value is -3.34. The Morgan fingerprint density at radius 1 is 1.12 bits per heavy atom. The molecule has 1 amide bonds. The zero-order valence-corrected chi connectivity index (χ0v) is 20.2. The molecule has 3 rings (SSSR count). The number of nitrogens with zero attached hydrogens (tertiary/aromatic N) is 3. The first kappa shape index (κ1) is 25.3. The van der Waals surface area contributed by atoms with Crippen molar-refractivity contribution in [1.82, 2.24) is 14.9 Å². The summed E-state index contributed by atoms with van der Waals surface area (Å²) in [7, 11) is 3.37. The number of nitrogens with one attached hydrogen (secondary N) is 1. The van der Waals surface area contributed by atoms with E-state index in [9.17, 15) is 9.00 Å². The third-order valence-electron chi connectivity index (χ3n) is 5.00. The van der Waals surface area contributed by atoms with E-state index in [1.807, 2.05) is 11.9 Å². The molecule has 2 heterocycles. The van der Waals surface area contributed by atoms with E-state index >= 15 is 0 Å². The molecule has 0 bridgehead atoms. The number of anilines is 1. The lowest BCUT2D eigenvalue weighted by Gasteiger charge is -2.15. The highest BCUT2D eigenvalue weighted by molar-refractivity contribution is 7.84. The van der Waals surface area contributed by atoms with Gasteiger partial charge in [0.1, 0.15) is 16.5 Å². The van der Waals surface area contributed by atoms with E-state index in [1.165, 1.54) is 13.3 Å². The molecule has 0 spiro atoms. The predicted molar refractivity (Wildman–Crippen MR) is 130 cm³/mol. The number of amides is 1. The lowest BCUT2D eigenvalue weighted by Crippen LogP contribution is -2.22. The third kappa shape index (κ3) is 6.60. The SMILES string of the molecule is COc1ccc(CS(=O)c2ncccc2C(=O)Nc2ccnc(CN(C)CCO)c2)c(OC)c1. The zero-order valence-electron chi connectivity index (χ0n) is 19.4. The van der Waals surface area contributed by atoms with Crippen LogP contribution in [-0.2, 0) is 23.1 Å². The molecular formula is C24H28N4O5S. The van der Waals surface area contributed by atoms with E-state index in [4.69, 9.17) is 14.6 Å². The molecule has 34 heavy (non-hydrogen) atoms. The second-order valence-corrected chi connectivity index (χ2v) is 8.84. The third-order valence-corrected chi connectivity index (χ3v) is 6.33. The normalized spacial score (nSPS) is 11.8. The summed E-state index contributed by atoms with van der Waals surface area (Å²) >= 11 is 0. The van der Waals surface area contributed by atoms with Crippen LogP contribution in [-0.4, -0.2) is 64.5 Å². The van der Waals surface area contributed by atoms with Gasteiger partial charge in [0, 0.05) is 42.8 Å². The monoisotopic (exact) mass is 484 g/mol. The fraction of sp³-hybridized carbons (Fsp3) is 0.292. The van der Waals surface area contributed by atoms with Crippen molar-refractivity contribution >= 4 is 22.4 Å². The lowest BCUT2D eigenvalue weighted by molar-refractivity contribution is 0.102. The molecular weight excluding hydrogens is 456 g/mol. The fourth-order valence-electron chi connectivity index (χ4n) is 3.29. The number of rotatable bonds is 11. The molecule has 10 heteroatoms. The first-order valence-electron chi connectivity index (χ1n) is 10.5. The minimum atomic E-state index is -1.59. The smallest absolute Gasteiger partial charge is 0.258 e. The van der Waals surface area contributed by atoms with Crippen LogP contribution in [0.4, 0.5) is 5.69 Å². The van der Waals surface area contributed by atoms with Gasteiger partial charge in [-0.3, -0.25) is 18.9 Å². The molecule has 0 aliphatic rings. The van der Waals surface area contributed by atoms with Crippen LogP contribution in [0.3, 0.4) is 0 Å². The molecule has 0 saturated heterocycles. The maximum Gasteiger partial charge on any atom is 0.258 e. The van der Waals surface area contributed by atoms with E-state index < -0.39 is 16.7 Å². The fourth-order valence-corrected chi connectivity index (χ4v) is 4.54. The van der Waals surface area contributed by atoms with Gasteiger partial charge in [-0.15, -0.1) is 0 Å². The Kier molecular flexibility index (Phi) is 9.08. The molecule has 0 aliphatic heterocycles. The Balaban J connectivity index is 1.77. The molecule has 2 aromatic heterocycles.